The molecule has 2 aliphatic heterocycles. The topological polar surface area (TPSA) is 101 Å². The van der Waals surface area contributed by atoms with Crippen LogP contribution in [0.2, 0.25) is 0 Å². The third kappa shape index (κ3) is 7.65. The van der Waals surface area contributed by atoms with Crippen molar-refractivity contribution in [3.63, 3.8) is 0 Å². The minimum atomic E-state index is -0.321. The molecule has 4 amide bonds. The van der Waals surface area contributed by atoms with E-state index in [2.05, 4.69) is 21.3 Å². The molecule has 2 heterocycles. The lowest BCUT2D eigenvalue weighted by Gasteiger charge is -2.22. The van der Waals surface area contributed by atoms with Crippen LogP contribution in [0.3, 0.4) is 0 Å². The Morgan fingerprint density at radius 2 is 1.25 bits per heavy atom. The molecule has 2 aliphatic rings. The largest absolute Gasteiger partial charge is 0.376 e. The zero-order valence-corrected chi connectivity index (χ0v) is 14.0. The Kier molecular flexibility index (Phi) is 8.40. The van der Waals surface area contributed by atoms with Crippen LogP contribution in [0.5, 0.6) is 0 Å². The van der Waals surface area contributed by atoms with Gasteiger partial charge in [-0.3, -0.25) is 0 Å². The highest BCUT2D eigenvalue weighted by molar-refractivity contribution is 5.76. The average Bonchev–Trinajstić information content (AvgIpc) is 2.63. The number of carbonyl (C=O) groups excluding carboxylic acids is 2. The molecule has 4 N–H and O–H groups in total. The summed E-state index contributed by atoms with van der Waals surface area (Å²) in [5.74, 6) is 0. The summed E-state index contributed by atoms with van der Waals surface area (Å²) in [6.07, 6.45) is 9.36. The Morgan fingerprint density at radius 3 is 1.62 bits per heavy atom. The number of hydrogen-bond acceptors (Lipinski definition) is 4. The Balaban J connectivity index is 1.49. The van der Waals surface area contributed by atoms with Gasteiger partial charge in [-0.25, -0.2) is 9.59 Å². The molecule has 0 radical (unpaired) electrons. The van der Waals surface area contributed by atoms with E-state index in [4.69, 9.17) is 9.47 Å². The van der Waals surface area contributed by atoms with E-state index in [1.54, 1.807) is 0 Å². The molecule has 24 heavy (non-hydrogen) atoms. The predicted molar refractivity (Wildman–Crippen MR) is 89.4 cm³/mol. The fourth-order valence-electron chi connectivity index (χ4n) is 2.69. The molecule has 0 aromatic rings. The van der Waals surface area contributed by atoms with Gasteiger partial charge in [-0.1, -0.05) is 0 Å². The van der Waals surface area contributed by atoms with Crippen molar-refractivity contribution in [2.24, 2.45) is 0 Å². The van der Waals surface area contributed by atoms with Crippen molar-refractivity contribution in [3.8, 4) is 0 Å². The van der Waals surface area contributed by atoms with Crippen molar-refractivity contribution in [1.29, 1.82) is 0 Å². The summed E-state index contributed by atoms with van der Waals surface area (Å²) in [6.45, 7) is 2.52. The number of urea groups is 2. The van der Waals surface area contributed by atoms with E-state index >= 15 is 0 Å². The Bertz CT molecular complexity index is 380. The SMILES string of the molecule is O=C(N/C=C/NC(=O)NCC1CCCCO1)NCC1CCCCO1. The fraction of sp³-hybridized carbons (Fsp3) is 0.750. The van der Waals surface area contributed by atoms with Crippen molar-refractivity contribution < 1.29 is 19.1 Å². The summed E-state index contributed by atoms with van der Waals surface area (Å²) >= 11 is 0. The molecule has 0 spiro atoms. The summed E-state index contributed by atoms with van der Waals surface area (Å²) < 4.78 is 11.1. The van der Waals surface area contributed by atoms with Crippen LogP contribution in [0, 0.1) is 0 Å². The van der Waals surface area contributed by atoms with Gasteiger partial charge in [0, 0.05) is 38.7 Å². The van der Waals surface area contributed by atoms with Gasteiger partial charge in [-0.15, -0.1) is 0 Å². The molecule has 2 rings (SSSR count). The van der Waals surface area contributed by atoms with Crippen molar-refractivity contribution in [2.75, 3.05) is 26.3 Å². The maximum absolute atomic E-state index is 11.6. The highest BCUT2D eigenvalue weighted by Gasteiger charge is 2.15. The van der Waals surface area contributed by atoms with E-state index in [1.165, 1.54) is 12.4 Å². The third-order valence-electron chi connectivity index (χ3n) is 4.04. The van der Waals surface area contributed by atoms with E-state index in [1.807, 2.05) is 0 Å². The minimum Gasteiger partial charge on any atom is -0.376 e. The van der Waals surface area contributed by atoms with Crippen LogP contribution in [0.25, 0.3) is 0 Å². The first kappa shape index (κ1) is 18.5. The number of nitrogens with one attached hydrogen (secondary N) is 4. The lowest BCUT2D eigenvalue weighted by molar-refractivity contribution is 0.0184. The second-order valence-corrected chi connectivity index (χ2v) is 6.02. The van der Waals surface area contributed by atoms with Crippen molar-refractivity contribution in [2.45, 2.75) is 50.7 Å². The van der Waals surface area contributed by atoms with Crippen LogP contribution >= 0.6 is 0 Å². The average molecular weight is 340 g/mol. The molecule has 8 nitrogen and oxygen atoms in total. The van der Waals surface area contributed by atoms with Crippen molar-refractivity contribution >= 4 is 12.1 Å². The number of hydrogen-bond donors (Lipinski definition) is 4. The molecular formula is C16H28N4O4. The smallest absolute Gasteiger partial charge is 0.318 e. The molecule has 2 saturated heterocycles. The van der Waals surface area contributed by atoms with Gasteiger partial charge in [0.2, 0.25) is 0 Å². The summed E-state index contributed by atoms with van der Waals surface area (Å²) in [4.78, 5) is 23.2. The predicted octanol–water partition coefficient (Wildman–Crippen LogP) is 1.19. The van der Waals surface area contributed by atoms with E-state index < -0.39 is 0 Å². The van der Waals surface area contributed by atoms with Gasteiger partial charge < -0.3 is 30.7 Å². The van der Waals surface area contributed by atoms with Gasteiger partial charge in [-0.05, 0) is 38.5 Å². The zero-order chi connectivity index (χ0) is 17.0. The molecular weight excluding hydrogens is 312 g/mol. The van der Waals surface area contributed by atoms with Crippen LogP contribution < -0.4 is 21.3 Å². The molecule has 0 aromatic carbocycles. The first-order valence-corrected chi connectivity index (χ1v) is 8.71. The number of amides is 4. The van der Waals surface area contributed by atoms with Gasteiger partial charge >= 0.3 is 12.1 Å². The molecule has 2 fully saturated rings. The first-order chi connectivity index (χ1) is 11.7. The van der Waals surface area contributed by atoms with E-state index in [-0.39, 0.29) is 24.3 Å². The molecule has 0 aromatic heterocycles. The van der Waals surface area contributed by atoms with Crippen LogP contribution in [0.1, 0.15) is 38.5 Å². The summed E-state index contributed by atoms with van der Waals surface area (Å²) in [6, 6.07) is -0.642. The number of carbonyl (C=O) groups is 2. The molecule has 0 bridgehead atoms. The Morgan fingerprint density at radius 1 is 0.792 bits per heavy atom. The highest BCUT2D eigenvalue weighted by Crippen LogP contribution is 2.12. The highest BCUT2D eigenvalue weighted by atomic mass is 16.5. The van der Waals surface area contributed by atoms with Crippen LogP contribution in [0.15, 0.2) is 12.4 Å². The molecule has 0 saturated carbocycles. The zero-order valence-electron chi connectivity index (χ0n) is 14.0. The maximum atomic E-state index is 11.6. The Hall–Kier alpha value is -1.80. The van der Waals surface area contributed by atoms with E-state index in [9.17, 15) is 9.59 Å². The maximum Gasteiger partial charge on any atom is 0.318 e. The molecule has 2 unspecified atom stereocenters. The standard InChI is InChI=1S/C16H28N4O4/c21-15(19-11-13-5-1-3-9-23-13)17-7-8-18-16(22)20-12-14-6-2-4-10-24-14/h7-8,13-14H,1-6,9-12H2,(H2,17,19,21)(H2,18,20,22)/b8-7+. The fourth-order valence-corrected chi connectivity index (χ4v) is 2.69. The summed E-state index contributed by atoms with van der Waals surface area (Å²) in [5, 5.41) is 10.5. The van der Waals surface area contributed by atoms with Crippen LogP contribution in [-0.2, 0) is 9.47 Å². The van der Waals surface area contributed by atoms with Gasteiger partial charge in [-0.2, -0.15) is 0 Å². The minimum absolute atomic E-state index is 0.0967. The normalized spacial score (nSPS) is 24.3. The molecule has 136 valence electrons. The van der Waals surface area contributed by atoms with Gasteiger partial charge in [0.25, 0.3) is 0 Å². The Labute approximate surface area is 142 Å². The summed E-state index contributed by atoms with van der Waals surface area (Å²) in [7, 11) is 0. The van der Waals surface area contributed by atoms with E-state index in [0.29, 0.717) is 13.1 Å². The third-order valence-corrected chi connectivity index (χ3v) is 4.04. The van der Waals surface area contributed by atoms with Gasteiger partial charge in [0.05, 0.1) is 12.2 Å². The molecule has 8 heteroatoms. The summed E-state index contributed by atoms with van der Waals surface area (Å²) in [5.41, 5.74) is 0. The second kappa shape index (κ2) is 10.9. The van der Waals surface area contributed by atoms with E-state index in [0.717, 1.165) is 51.7 Å². The molecule has 2 atom stereocenters. The van der Waals surface area contributed by atoms with Crippen LogP contribution in [0.4, 0.5) is 9.59 Å². The lowest BCUT2D eigenvalue weighted by Crippen LogP contribution is -2.40. The van der Waals surface area contributed by atoms with Crippen LogP contribution in [-0.4, -0.2) is 50.6 Å². The van der Waals surface area contributed by atoms with Crippen molar-refractivity contribution in [3.05, 3.63) is 12.4 Å². The van der Waals surface area contributed by atoms with Crippen molar-refractivity contribution in [1.82, 2.24) is 21.3 Å². The monoisotopic (exact) mass is 340 g/mol. The number of ether oxygens (including phenoxy) is 2. The second-order valence-electron chi connectivity index (χ2n) is 6.02. The number of rotatable bonds is 6. The molecule has 0 aliphatic carbocycles. The van der Waals surface area contributed by atoms with Gasteiger partial charge in [0.1, 0.15) is 0 Å². The first-order valence-electron chi connectivity index (χ1n) is 8.71. The lowest BCUT2D eigenvalue weighted by atomic mass is 10.1. The van der Waals surface area contributed by atoms with Gasteiger partial charge in [0.15, 0.2) is 0 Å². The quantitative estimate of drug-likeness (QED) is 0.583.